The monoisotopic (exact) mass is 181 g/mol. The van der Waals surface area contributed by atoms with E-state index in [4.69, 9.17) is 17.3 Å². The molecule has 0 atom stereocenters. The molecule has 2 aromatic rings. The van der Waals surface area contributed by atoms with Crippen LogP contribution in [0.25, 0.3) is 5.65 Å². The Kier molecular flexibility index (Phi) is 1.48. The first-order chi connectivity index (χ1) is 5.66. The maximum Gasteiger partial charge on any atom is 0.142 e. The molecule has 0 aliphatic heterocycles. The van der Waals surface area contributed by atoms with Crippen molar-refractivity contribution < 1.29 is 0 Å². The number of fused-ring (bicyclic) bond motifs is 1. The predicted octanol–water partition coefficient (Wildman–Crippen LogP) is 1.88. The van der Waals surface area contributed by atoms with E-state index in [1.54, 1.807) is 12.4 Å². The summed E-state index contributed by atoms with van der Waals surface area (Å²) in [5.41, 5.74) is 7.42. The Morgan fingerprint density at radius 3 is 3.00 bits per heavy atom. The van der Waals surface area contributed by atoms with E-state index in [0.29, 0.717) is 10.8 Å². The Hall–Kier alpha value is -1.22. The molecule has 0 aliphatic carbocycles. The molecule has 0 fully saturated rings. The third kappa shape index (κ3) is 1.02. The number of nitrogens with two attached hydrogens (primary N) is 1. The van der Waals surface area contributed by atoms with E-state index in [1.807, 2.05) is 17.4 Å². The van der Waals surface area contributed by atoms with Crippen molar-refractivity contribution in [2.75, 3.05) is 5.73 Å². The Bertz CT molecular complexity index is 433. The van der Waals surface area contributed by atoms with Crippen LogP contribution in [0.4, 0.5) is 5.82 Å². The molecule has 0 unspecified atom stereocenters. The lowest BCUT2D eigenvalue weighted by Gasteiger charge is -1.97. The minimum Gasteiger partial charge on any atom is -0.382 e. The molecule has 0 spiro atoms. The number of aryl methyl sites for hydroxylation is 1. The number of nitrogen functional groups attached to an aromatic ring is 1. The van der Waals surface area contributed by atoms with Crippen LogP contribution in [0.3, 0.4) is 0 Å². The normalized spacial score (nSPS) is 10.8. The second-order valence-corrected chi connectivity index (χ2v) is 3.17. The van der Waals surface area contributed by atoms with Crippen molar-refractivity contribution in [3.63, 3.8) is 0 Å². The average molecular weight is 182 g/mol. The summed E-state index contributed by atoms with van der Waals surface area (Å²) in [6.45, 7) is 1.95. The summed E-state index contributed by atoms with van der Waals surface area (Å²) in [5, 5.41) is 0.692. The van der Waals surface area contributed by atoms with E-state index < -0.39 is 0 Å². The molecule has 0 radical (unpaired) electrons. The summed E-state index contributed by atoms with van der Waals surface area (Å²) in [4.78, 5) is 4.14. The topological polar surface area (TPSA) is 43.3 Å². The molecule has 3 nitrogen and oxygen atoms in total. The molecular formula is C8H8ClN3. The highest BCUT2D eigenvalue weighted by Gasteiger charge is 2.01. The van der Waals surface area contributed by atoms with Gasteiger partial charge >= 0.3 is 0 Å². The van der Waals surface area contributed by atoms with E-state index in [2.05, 4.69) is 4.98 Å². The number of imidazole rings is 1. The molecule has 4 heteroatoms. The van der Waals surface area contributed by atoms with Crippen LogP contribution in [0.15, 0.2) is 18.5 Å². The number of pyridine rings is 1. The zero-order valence-corrected chi connectivity index (χ0v) is 7.34. The van der Waals surface area contributed by atoms with E-state index in [-0.39, 0.29) is 0 Å². The van der Waals surface area contributed by atoms with Crippen LogP contribution in [0.2, 0.25) is 5.02 Å². The van der Waals surface area contributed by atoms with Gasteiger partial charge in [-0.25, -0.2) is 4.98 Å². The van der Waals surface area contributed by atoms with E-state index >= 15 is 0 Å². The van der Waals surface area contributed by atoms with Gasteiger partial charge in [-0.1, -0.05) is 11.6 Å². The number of nitrogens with zero attached hydrogens (tertiary/aromatic N) is 2. The zero-order valence-electron chi connectivity index (χ0n) is 6.58. The van der Waals surface area contributed by atoms with Crippen molar-refractivity contribution in [1.82, 2.24) is 9.38 Å². The van der Waals surface area contributed by atoms with Gasteiger partial charge in [0.25, 0.3) is 0 Å². The molecule has 2 aromatic heterocycles. The van der Waals surface area contributed by atoms with Crippen LogP contribution in [-0.2, 0) is 0 Å². The molecule has 12 heavy (non-hydrogen) atoms. The minimum atomic E-state index is 0.514. The van der Waals surface area contributed by atoms with Gasteiger partial charge in [-0.3, -0.25) is 0 Å². The third-order valence-corrected chi connectivity index (χ3v) is 1.93. The summed E-state index contributed by atoms with van der Waals surface area (Å²) in [6, 6.07) is 1.86. The minimum absolute atomic E-state index is 0.514. The molecular weight excluding hydrogens is 174 g/mol. The van der Waals surface area contributed by atoms with Crippen molar-refractivity contribution in [3.05, 3.63) is 29.0 Å². The molecule has 0 amide bonds. The lowest BCUT2D eigenvalue weighted by Crippen LogP contribution is -1.86. The quantitative estimate of drug-likeness (QED) is 0.675. The summed E-state index contributed by atoms with van der Waals surface area (Å²) in [7, 11) is 0. The van der Waals surface area contributed by atoms with E-state index in [0.717, 1.165) is 11.2 Å². The van der Waals surface area contributed by atoms with E-state index in [1.165, 1.54) is 0 Å². The van der Waals surface area contributed by atoms with Crippen LogP contribution in [-0.4, -0.2) is 9.38 Å². The van der Waals surface area contributed by atoms with Crippen molar-refractivity contribution >= 4 is 23.1 Å². The van der Waals surface area contributed by atoms with Gasteiger partial charge in [0, 0.05) is 6.20 Å². The predicted molar refractivity (Wildman–Crippen MR) is 49.4 cm³/mol. The fourth-order valence-corrected chi connectivity index (χ4v) is 1.51. The maximum atomic E-state index is 5.84. The second-order valence-electron chi connectivity index (χ2n) is 2.74. The molecule has 2 N–H and O–H groups in total. The zero-order chi connectivity index (χ0) is 8.72. The number of halogens is 1. The molecule has 0 saturated carbocycles. The van der Waals surface area contributed by atoms with Gasteiger partial charge < -0.3 is 10.1 Å². The molecule has 0 bridgehead atoms. The number of rotatable bonds is 0. The third-order valence-electron chi connectivity index (χ3n) is 1.72. The largest absolute Gasteiger partial charge is 0.382 e. The number of anilines is 1. The Balaban J connectivity index is 2.88. The first kappa shape index (κ1) is 7.43. The van der Waals surface area contributed by atoms with Gasteiger partial charge in [0.2, 0.25) is 0 Å². The number of hydrogen-bond acceptors (Lipinski definition) is 2. The first-order valence-corrected chi connectivity index (χ1v) is 3.95. The SMILES string of the molecule is Cc1cc(Cl)cn2cc(N)nc12. The van der Waals surface area contributed by atoms with Crippen molar-refractivity contribution in [2.24, 2.45) is 0 Å². The van der Waals surface area contributed by atoms with Crippen molar-refractivity contribution in [1.29, 1.82) is 0 Å². The molecule has 2 rings (SSSR count). The van der Waals surface area contributed by atoms with E-state index in [9.17, 15) is 0 Å². The Labute approximate surface area is 74.8 Å². The summed E-state index contributed by atoms with van der Waals surface area (Å²) in [6.07, 6.45) is 3.53. The summed E-state index contributed by atoms with van der Waals surface area (Å²) in [5.74, 6) is 0.514. The second kappa shape index (κ2) is 2.38. The highest BCUT2D eigenvalue weighted by atomic mass is 35.5. The van der Waals surface area contributed by atoms with Crippen LogP contribution in [0, 0.1) is 6.92 Å². The molecule has 0 saturated heterocycles. The van der Waals surface area contributed by atoms with Gasteiger partial charge in [0.05, 0.1) is 11.2 Å². The van der Waals surface area contributed by atoms with Crippen LogP contribution in [0.5, 0.6) is 0 Å². The fourth-order valence-electron chi connectivity index (χ4n) is 1.24. The lowest BCUT2D eigenvalue weighted by molar-refractivity contribution is 1.16. The average Bonchev–Trinajstić information content (AvgIpc) is 2.29. The highest BCUT2D eigenvalue weighted by molar-refractivity contribution is 6.30. The molecule has 62 valence electrons. The van der Waals surface area contributed by atoms with Crippen molar-refractivity contribution in [2.45, 2.75) is 6.92 Å². The summed E-state index contributed by atoms with van der Waals surface area (Å²) >= 11 is 5.84. The van der Waals surface area contributed by atoms with Crippen LogP contribution in [0.1, 0.15) is 5.56 Å². The molecule has 2 heterocycles. The highest BCUT2D eigenvalue weighted by Crippen LogP contribution is 2.16. The fraction of sp³-hybridized carbons (Fsp3) is 0.125. The lowest BCUT2D eigenvalue weighted by atomic mass is 10.3. The number of aromatic nitrogens is 2. The van der Waals surface area contributed by atoms with Gasteiger partial charge in [-0.05, 0) is 18.6 Å². The van der Waals surface area contributed by atoms with Gasteiger partial charge in [0.15, 0.2) is 0 Å². The van der Waals surface area contributed by atoms with Crippen molar-refractivity contribution in [3.8, 4) is 0 Å². The maximum absolute atomic E-state index is 5.84. The van der Waals surface area contributed by atoms with Crippen LogP contribution >= 0.6 is 11.6 Å². The Morgan fingerprint density at radius 2 is 2.25 bits per heavy atom. The standard InChI is InChI=1S/C8H8ClN3/c1-5-2-6(9)3-12-4-7(10)11-8(5)12/h2-4H,10H2,1H3. The Morgan fingerprint density at radius 1 is 1.50 bits per heavy atom. The van der Waals surface area contributed by atoms with Gasteiger partial charge in [-0.2, -0.15) is 0 Å². The molecule has 0 aliphatic rings. The van der Waals surface area contributed by atoms with Gasteiger partial charge in [0.1, 0.15) is 11.5 Å². The summed E-state index contributed by atoms with van der Waals surface area (Å²) < 4.78 is 1.83. The first-order valence-electron chi connectivity index (χ1n) is 3.57. The van der Waals surface area contributed by atoms with Crippen LogP contribution < -0.4 is 5.73 Å². The number of hydrogen-bond donors (Lipinski definition) is 1. The smallest absolute Gasteiger partial charge is 0.142 e. The van der Waals surface area contributed by atoms with Gasteiger partial charge in [-0.15, -0.1) is 0 Å². The molecule has 0 aromatic carbocycles.